The zero-order valence-corrected chi connectivity index (χ0v) is 11.3. The van der Waals surface area contributed by atoms with Gasteiger partial charge in [0.1, 0.15) is 17.4 Å². The molecule has 0 saturated carbocycles. The minimum absolute atomic E-state index is 0.0145. The van der Waals surface area contributed by atoms with E-state index in [0.29, 0.717) is 0 Å². The molecule has 0 aromatic heterocycles. The zero-order valence-electron chi connectivity index (χ0n) is 11.3. The van der Waals surface area contributed by atoms with Gasteiger partial charge in [-0.15, -0.1) is 0 Å². The highest BCUT2D eigenvalue weighted by atomic mass is 16.5. The molecule has 0 bridgehead atoms. The van der Waals surface area contributed by atoms with Crippen LogP contribution in [0.1, 0.15) is 26.3 Å². The summed E-state index contributed by atoms with van der Waals surface area (Å²) in [6.07, 6.45) is 1.60. The van der Waals surface area contributed by atoms with E-state index in [1.165, 1.54) is 6.08 Å². The van der Waals surface area contributed by atoms with Crippen molar-refractivity contribution in [1.29, 1.82) is 5.26 Å². The van der Waals surface area contributed by atoms with Crippen molar-refractivity contribution in [3.63, 3.8) is 0 Å². The smallest absolute Gasteiger partial charge is 0.348 e. The van der Waals surface area contributed by atoms with Crippen LogP contribution in [0.25, 0.3) is 6.08 Å². The van der Waals surface area contributed by atoms with Crippen LogP contribution in [0, 0.1) is 11.3 Å². The van der Waals surface area contributed by atoms with Gasteiger partial charge in [-0.25, -0.2) is 4.79 Å². The Kier molecular flexibility index (Phi) is 5.62. The van der Waals surface area contributed by atoms with E-state index in [2.05, 4.69) is 0 Å². The first-order chi connectivity index (χ1) is 9.06. The second-order valence-corrected chi connectivity index (χ2v) is 4.13. The standard InChI is InChI=1S/C15H17NO3/c1-4-18-15(17)13(10-16)9-12-5-7-14(8-6-12)19-11(2)3/h5-9,11H,4H2,1-3H3/b13-9-. The largest absolute Gasteiger partial charge is 0.491 e. The molecule has 0 unspecified atom stereocenters. The number of nitrogens with zero attached hydrogens (tertiary/aromatic N) is 1. The lowest BCUT2D eigenvalue weighted by Gasteiger charge is -2.09. The van der Waals surface area contributed by atoms with Crippen LogP contribution in [0.4, 0.5) is 0 Å². The van der Waals surface area contributed by atoms with E-state index in [0.717, 1.165) is 11.3 Å². The van der Waals surface area contributed by atoms with Crippen molar-refractivity contribution in [1.82, 2.24) is 0 Å². The van der Waals surface area contributed by atoms with Crippen molar-refractivity contribution in [2.75, 3.05) is 6.61 Å². The van der Waals surface area contributed by atoms with Gasteiger partial charge in [-0.3, -0.25) is 0 Å². The molecule has 100 valence electrons. The molecule has 1 aromatic carbocycles. The highest BCUT2D eigenvalue weighted by molar-refractivity contribution is 5.97. The molecular formula is C15H17NO3. The number of carbonyl (C=O) groups excluding carboxylic acids is 1. The van der Waals surface area contributed by atoms with Crippen LogP contribution < -0.4 is 4.74 Å². The Balaban J connectivity index is 2.85. The summed E-state index contributed by atoms with van der Waals surface area (Å²) in [6, 6.07) is 9.00. The third kappa shape index (κ3) is 4.84. The van der Waals surface area contributed by atoms with Crippen LogP contribution in [0.2, 0.25) is 0 Å². The molecular weight excluding hydrogens is 242 g/mol. The molecule has 1 rings (SSSR count). The summed E-state index contributed by atoms with van der Waals surface area (Å²) in [4.78, 5) is 11.5. The highest BCUT2D eigenvalue weighted by Gasteiger charge is 2.09. The van der Waals surface area contributed by atoms with E-state index >= 15 is 0 Å². The van der Waals surface area contributed by atoms with Crippen molar-refractivity contribution in [2.24, 2.45) is 0 Å². The average molecular weight is 259 g/mol. The summed E-state index contributed by atoms with van der Waals surface area (Å²) in [7, 11) is 0. The number of carbonyl (C=O) groups is 1. The number of rotatable bonds is 5. The second-order valence-electron chi connectivity index (χ2n) is 4.13. The predicted octanol–water partition coefficient (Wildman–Crippen LogP) is 2.94. The third-order valence-electron chi connectivity index (χ3n) is 2.18. The number of esters is 1. The monoisotopic (exact) mass is 259 g/mol. The molecule has 0 atom stereocenters. The SMILES string of the molecule is CCOC(=O)/C(C#N)=C\c1ccc(OC(C)C)cc1. The van der Waals surface area contributed by atoms with Crippen molar-refractivity contribution >= 4 is 12.0 Å². The van der Waals surface area contributed by atoms with E-state index in [1.54, 1.807) is 31.2 Å². The fraction of sp³-hybridized carbons (Fsp3) is 0.333. The molecule has 0 spiro atoms. The lowest BCUT2D eigenvalue weighted by atomic mass is 10.1. The van der Waals surface area contributed by atoms with Gasteiger partial charge in [0, 0.05) is 0 Å². The summed E-state index contributed by atoms with van der Waals surface area (Å²) in [5, 5.41) is 8.91. The number of hydrogen-bond acceptors (Lipinski definition) is 4. The van der Waals surface area contributed by atoms with Crippen LogP contribution in [0.15, 0.2) is 29.8 Å². The molecule has 0 aliphatic rings. The Bertz CT molecular complexity index is 495. The first-order valence-electron chi connectivity index (χ1n) is 6.12. The van der Waals surface area contributed by atoms with E-state index < -0.39 is 5.97 Å². The fourth-order valence-electron chi connectivity index (χ4n) is 1.43. The molecule has 0 aliphatic carbocycles. The summed E-state index contributed by atoms with van der Waals surface area (Å²) in [6.45, 7) is 5.84. The Morgan fingerprint density at radius 1 is 1.37 bits per heavy atom. The molecule has 0 saturated heterocycles. The summed E-state index contributed by atoms with van der Waals surface area (Å²) in [5.41, 5.74) is 0.736. The predicted molar refractivity (Wildman–Crippen MR) is 72.4 cm³/mol. The lowest BCUT2D eigenvalue weighted by Crippen LogP contribution is -2.06. The first-order valence-corrected chi connectivity index (χ1v) is 6.12. The van der Waals surface area contributed by atoms with Crippen LogP contribution in [0.5, 0.6) is 5.75 Å². The van der Waals surface area contributed by atoms with Crippen LogP contribution >= 0.6 is 0 Å². The molecule has 0 heterocycles. The van der Waals surface area contributed by atoms with E-state index in [1.807, 2.05) is 19.9 Å². The first kappa shape index (κ1) is 14.8. The van der Waals surface area contributed by atoms with Gasteiger partial charge in [-0.1, -0.05) is 12.1 Å². The van der Waals surface area contributed by atoms with Gasteiger partial charge in [0.2, 0.25) is 0 Å². The van der Waals surface area contributed by atoms with Crippen molar-refractivity contribution < 1.29 is 14.3 Å². The Labute approximate surface area is 113 Å². The lowest BCUT2D eigenvalue weighted by molar-refractivity contribution is -0.137. The molecule has 4 heteroatoms. The molecule has 1 aromatic rings. The number of ether oxygens (including phenoxy) is 2. The van der Waals surface area contributed by atoms with Crippen molar-refractivity contribution in [2.45, 2.75) is 26.9 Å². The van der Waals surface area contributed by atoms with E-state index in [4.69, 9.17) is 14.7 Å². The number of benzene rings is 1. The van der Waals surface area contributed by atoms with Crippen LogP contribution in [-0.2, 0) is 9.53 Å². The Hall–Kier alpha value is -2.28. The molecule has 0 radical (unpaired) electrons. The molecule has 0 N–H and O–H groups in total. The summed E-state index contributed by atoms with van der Waals surface area (Å²) < 4.78 is 10.3. The Morgan fingerprint density at radius 3 is 2.47 bits per heavy atom. The second kappa shape index (κ2) is 7.22. The van der Waals surface area contributed by atoms with E-state index in [-0.39, 0.29) is 18.3 Å². The van der Waals surface area contributed by atoms with Crippen LogP contribution in [0.3, 0.4) is 0 Å². The third-order valence-corrected chi connectivity index (χ3v) is 2.18. The van der Waals surface area contributed by atoms with Gasteiger partial charge < -0.3 is 9.47 Å². The van der Waals surface area contributed by atoms with Crippen LogP contribution in [-0.4, -0.2) is 18.7 Å². The van der Waals surface area contributed by atoms with Gasteiger partial charge >= 0.3 is 5.97 Å². The summed E-state index contributed by atoms with van der Waals surface area (Å²) >= 11 is 0. The fourth-order valence-corrected chi connectivity index (χ4v) is 1.43. The van der Waals surface area contributed by atoms with Gasteiger partial charge in [0.05, 0.1) is 12.7 Å². The average Bonchev–Trinajstić information content (AvgIpc) is 2.37. The maximum Gasteiger partial charge on any atom is 0.348 e. The van der Waals surface area contributed by atoms with Gasteiger partial charge in [-0.05, 0) is 44.5 Å². The topological polar surface area (TPSA) is 59.3 Å². The van der Waals surface area contributed by atoms with Gasteiger partial charge in [0.25, 0.3) is 0 Å². The molecule has 0 fully saturated rings. The maximum absolute atomic E-state index is 11.5. The molecule has 19 heavy (non-hydrogen) atoms. The Morgan fingerprint density at radius 2 is 2.00 bits per heavy atom. The number of nitriles is 1. The van der Waals surface area contributed by atoms with Crippen molar-refractivity contribution in [3.05, 3.63) is 35.4 Å². The van der Waals surface area contributed by atoms with Gasteiger partial charge in [-0.2, -0.15) is 5.26 Å². The highest BCUT2D eigenvalue weighted by Crippen LogP contribution is 2.16. The minimum Gasteiger partial charge on any atom is -0.491 e. The molecule has 4 nitrogen and oxygen atoms in total. The van der Waals surface area contributed by atoms with Gasteiger partial charge in [0.15, 0.2) is 0 Å². The maximum atomic E-state index is 11.5. The zero-order chi connectivity index (χ0) is 14.3. The quantitative estimate of drug-likeness (QED) is 0.463. The molecule has 0 aliphatic heterocycles. The van der Waals surface area contributed by atoms with E-state index in [9.17, 15) is 4.79 Å². The minimum atomic E-state index is -0.604. The normalized spacial score (nSPS) is 11.0. The van der Waals surface area contributed by atoms with Crippen molar-refractivity contribution in [3.8, 4) is 11.8 Å². The molecule has 0 amide bonds. The number of hydrogen-bond donors (Lipinski definition) is 0. The summed E-state index contributed by atoms with van der Waals surface area (Å²) in [5.74, 6) is 0.147.